The molecule has 21 heavy (non-hydrogen) atoms. The van der Waals surface area contributed by atoms with Crippen molar-refractivity contribution in [3.05, 3.63) is 39.4 Å². The average molecular weight is 363 g/mol. The highest BCUT2D eigenvalue weighted by molar-refractivity contribution is 9.09. The molecule has 1 saturated carbocycles. The molecule has 1 aliphatic carbocycles. The maximum absolute atomic E-state index is 13.9. The fourth-order valence-electron chi connectivity index (χ4n) is 2.33. The van der Waals surface area contributed by atoms with Crippen molar-refractivity contribution in [2.24, 2.45) is 0 Å². The van der Waals surface area contributed by atoms with Crippen molar-refractivity contribution in [3.8, 4) is 0 Å². The normalized spacial score (nSPS) is 21.9. The third kappa shape index (κ3) is 3.75. The number of carbonyl (C=O) groups is 1. The van der Waals surface area contributed by atoms with Gasteiger partial charge in [0, 0.05) is 10.9 Å². The fourth-order valence-corrected chi connectivity index (χ4v) is 2.86. The molecule has 0 radical (unpaired) electrons. The van der Waals surface area contributed by atoms with Crippen LogP contribution in [-0.4, -0.2) is 21.7 Å². The Balaban J connectivity index is 2.17. The molecule has 1 aliphatic rings. The number of nitro groups is 1. The summed E-state index contributed by atoms with van der Waals surface area (Å²) >= 11 is 3.48. The van der Waals surface area contributed by atoms with Crippen LogP contribution in [0.2, 0.25) is 0 Å². The first kappa shape index (κ1) is 15.8. The van der Waals surface area contributed by atoms with E-state index in [1.807, 2.05) is 0 Å². The molecule has 1 fully saturated rings. The molecule has 2 rings (SSSR count). The number of rotatable bonds is 3. The minimum atomic E-state index is -1.31. The molecule has 1 N–H and O–H groups in total. The smallest absolute Gasteiger partial charge is 0.308 e. The summed E-state index contributed by atoms with van der Waals surface area (Å²) < 4.78 is 27.2. The van der Waals surface area contributed by atoms with Gasteiger partial charge < -0.3 is 5.32 Å². The predicted molar refractivity (Wildman–Crippen MR) is 75.4 cm³/mol. The van der Waals surface area contributed by atoms with Gasteiger partial charge in [-0.05, 0) is 31.7 Å². The molecule has 8 heteroatoms. The van der Waals surface area contributed by atoms with Crippen LogP contribution in [-0.2, 0) is 0 Å². The average Bonchev–Trinajstić information content (AvgIpc) is 2.43. The third-order valence-corrected chi connectivity index (χ3v) is 4.37. The Hall–Kier alpha value is -1.57. The summed E-state index contributed by atoms with van der Waals surface area (Å²) in [6, 6.07) is 1.00. The molecule has 0 spiro atoms. The van der Waals surface area contributed by atoms with Gasteiger partial charge in [0.15, 0.2) is 0 Å². The van der Waals surface area contributed by atoms with Crippen LogP contribution in [0.15, 0.2) is 12.1 Å². The van der Waals surface area contributed by atoms with Crippen molar-refractivity contribution in [2.45, 2.75) is 36.6 Å². The summed E-state index contributed by atoms with van der Waals surface area (Å²) in [6.07, 6.45) is 3.19. The van der Waals surface area contributed by atoms with Gasteiger partial charge in [-0.3, -0.25) is 14.9 Å². The van der Waals surface area contributed by atoms with E-state index in [0.29, 0.717) is 17.0 Å². The summed E-state index contributed by atoms with van der Waals surface area (Å²) in [7, 11) is 0. The lowest BCUT2D eigenvalue weighted by molar-refractivity contribution is -0.387. The van der Waals surface area contributed by atoms with Crippen LogP contribution in [0.1, 0.15) is 36.0 Å². The summed E-state index contributed by atoms with van der Waals surface area (Å²) in [4.78, 5) is 22.0. The van der Waals surface area contributed by atoms with E-state index in [1.165, 1.54) is 0 Å². The van der Waals surface area contributed by atoms with Crippen LogP contribution in [0.5, 0.6) is 0 Å². The summed E-state index contributed by atoms with van der Waals surface area (Å²) in [6.45, 7) is 0. The predicted octanol–water partition coefficient (Wildman–Crippen LogP) is 3.31. The second kappa shape index (κ2) is 6.46. The topological polar surface area (TPSA) is 72.2 Å². The molecule has 0 bridgehead atoms. The Labute approximate surface area is 128 Å². The Morgan fingerprint density at radius 2 is 1.90 bits per heavy atom. The van der Waals surface area contributed by atoms with Crippen molar-refractivity contribution < 1.29 is 18.5 Å². The number of nitrogens with zero attached hydrogens (tertiary/aromatic N) is 1. The number of halogens is 3. The number of nitro benzene ring substituents is 1. The van der Waals surface area contributed by atoms with Crippen LogP contribution in [0.25, 0.3) is 0 Å². The van der Waals surface area contributed by atoms with Crippen LogP contribution < -0.4 is 5.32 Å². The lowest BCUT2D eigenvalue weighted by Gasteiger charge is -2.26. The quantitative estimate of drug-likeness (QED) is 0.509. The van der Waals surface area contributed by atoms with Gasteiger partial charge >= 0.3 is 5.69 Å². The molecule has 114 valence electrons. The highest BCUT2D eigenvalue weighted by atomic mass is 79.9. The van der Waals surface area contributed by atoms with Gasteiger partial charge in [0.1, 0.15) is 5.82 Å². The monoisotopic (exact) mass is 362 g/mol. The van der Waals surface area contributed by atoms with Crippen molar-refractivity contribution in [3.63, 3.8) is 0 Å². The fraction of sp³-hybridized carbons (Fsp3) is 0.462. The molecule has 1 aromatic carbocycles. The highest BCUT2D eigenvalue weighted by Crippen LogP contribution is 2.26. The van der Waals surface area contributed by atoms with E-state index in [2.05, 4.69) is 21.2 Å². The number of nitrogens with one attached hydrogen (secondary N) is 1. The second-order valence-corrected chi connectivity index (χ2v) is 6.26. The first-order valence-corrected chi connectivity index (χ1v) is 7.38. The first-order valence-electron chi connectivity index (χ1n) is 6.47. The number of alkyl halides is 1. The van der Waals surface area contributed by atoms with Crippen LogP contribution in [0.3, 0.4) is 0 Å². The lowest BCUT2D eigenvalue weighted by atomic mass is 9.95. The zero-order valence-electron chi connectivity index (χ0n) is 10.9. The van der Waals surface area contributed by atoms with E-state index in [4.69, 9.17) is 0 Å². The third-order valence-electron chi connectivity index (χ3n) is 3.45. The van der Waals surface area contributed by atoms with E-state index in [9.17, 15) is 23.7 Å². The number of carbonyl (C=O) groups excluding carboxylic acids is 1. The maximum Gasteiger partial charge on any atom is 0.308 e. The second-order valence-electron chi connectivity index (χ2n) is 4.97. The van der Waals surface area contributed by atoms with E-state index in [1.54, 1.807) is 0 Å². The molecular formula is C13H13BrF2N2O3. The minimum absolute atomic E-state index is 0.131. The number of hydrogen-bond donors (Lipinski definition) is 1. The molecule has 0 aromatic heterocycles. The number of hydrogen-bond acceptors (Lipinski definition) is 3. The lowest BCUT2D eigenvalue weighted by Crippen LogP contribution is -2.38. The van der Waals surface area contributed by atoms with Gasteiger partial charge in [0.25, 0.3) is 5.91 Å². The molecule has 1 aromatic rings. The Morgan fingerprint density at radius 1 is 1.29 bits per heavy atom. The van der Waals surface area contributed by atoms with Crippen LogP contribution >= 0.6 is 15.9 Å². The van der Waals surface area contributed by atoms with Crippen molar-refractivity contribution in [1.82, 2.24) is 5.32 Å². The van der Waals surface area contributed by atoms with Gasteiger partial charge in [-0.2, -0.15) is 4.39 Å². The van der Waals surface area contributed by atoms with E-state index in [0.717, 1.165) is 25.7 Å². The largest absolute Gasteiger partial charge is 0.349 e. The van der Waals surface area contributed by atoms with Crippen molar-refractivity contribution >= 4 is 27.5 Å². The van der Waals surface area contributed by atoms with E-state index >= 15 is 0 Å². The standard InChI is InChI=1S/C13H13BrF2N2O3/c14-7-1-3-9(4-2-7)17-13(19)10-5-8(15)6-11(12(10)16)18(20)21/h5-7,9H,1-4H2,(H,17,19). The zero-order chi connectivity index (χ0) is 15.6. The molecule has 0 saturated heterocycles. The van der Waals surface area contributed by atoms with E-state index < -0.39 is 33.7 Å². The van der Waals surface area contributed by atoms with Gasteiger partial charge in [-0.15, -0.1) is 0 Å². The van der Waals surface area contributed by atoms with Gasteiger partial charge in [0.05, 0.1) is 16.6 Å². The van der Waals surface area contributed by atoms with Crippen molar-refractivity contribution in [1.29, 1.82) is 0 Å². The SMILES string of the molecule is O=C(NC1CCC(Br)CC1)c1cc(F)cc([N+](=O)[O-])c1F. The Kier molecular flexibility index (Phi) is 4.87. The minimum Gasteiger partial charge on any atom is -0.349 e. The Bertz CT molecular complexity index is 575. The molecule has 5 nitrogen and oxygen atoms in total. The van der Waals surface area contributed by atoms with Gasteiger partial charge in [0.2, 0.25) is 5.82 Å². The molecule has 0 atom stereocenters. The van der Waals surface area contributed by atoms with Gasteiger partial charge in [-0.25, -0.2) is 4.39 Å². The first-order chi connectivity index (χ1) is 9.88. The molecule has 1 amide bonds. The summed E-state index contributed by atoms with van der Waals surface area (Å²) in [5, 5.41) is 13.2. The van der Waals surface area contributed by atoms with E-state index in [-0.39, 0.29) is 6.04 Å². The molecule has 0 heterocycles. The summed E-state index contributed by atoms with van der Waals surface area (Å²) in [5.41, 5.74) is -1.67. The van der Waals surface area contributed by atoms with Crippen LogP contribution in [0, 0.1) is 21.7 Å². The molecular weight excluding hydrogens is 350 g/mol. The number of amides is 1. The number of benzene rings is 1. The highest BCUT2D eigenvalue weighted by Gasteiger charge is 2.27. The Morgan fingerprint density at radius 3 is 2.48 bits per heavy atom. The summed E-state index contributed by atoms with van der Waals surface area (Å²) in [5.74, 6) is -3.15. The molecule has 0 unspecified atom stereocenters. The van der Waals surface area contributed by atoms with Crippen molar-refractivity contribution in [2.75, 3.05) is 0 Å². The van der Waals surface area contributed by atoms with Gasteiger partial charge in [-0.1, -0.05) is 15.9 Å². The maximum atomic E-state index is 13.9. The molecule has 0 aliphatic heterocycles. The zero-order valence-corrected chi connectivity index (χ0v) is 12.5. The van der Waals surface area contributed by atoms with Crippen LogP contribution in [0.4, 0.5) is 14.5 Å².